The quantitative estimate of drug-likeness (QED) is 0.568. The molecule has 0 saturated heterocycles. The molecular weight excluding hydrogens is 266 g/mol. The van der Waals surface area contributed by atoms with E-state index in [1.165, 1.54) is 4.90 Å². The lowest BCUT2D eigenvalue weighted by atomic mass is 10.0. The Morgan fingerprint density at radius 3 is 2.38 bits per heavy atom. The van der Waals surface area contributed by atoms with Gasteiger partial charge in [-0.1, -0.05) is 0 Å². The molecule has 21 heavy (non-hydrogen) atoms. The number of pyridine rings is 1. The van der Waals surface area contributed by atoms with E-state index in [2.05, 4.69) is 24.4 Å². The van der Waals surface area contributed by atoms with Crippen LogP contribution >= 0.6 is 0 Å². The van der Waals surface area contributed by atoms with Gasteiger partial charge in [-0.05, 0) is 0 Å². The number of nitriles is 3. The molecule has 0 aliphatic rings. The minimum Gasteiger partial charge on any atom is -0.340 e. The number of aromatic amines is 1. The van der Waals surface area contributed by atoms with Crippen molar-refractivity contribution in [1.29, 1.82) is 15.8 Å². The molecule has 0 spiro atoms. The van der Waals surface area contributed by atoms with Gasteiger partial charge in [-0.25, -0.2) is 4.98 Å². The van der Waals surface area contributed by atoms with Crippen molar-refractivity contribution >= 4 is 11.6 Å². The lowest BCUT2D eigenvalue weighted by Crippen LogP contribution is -3.05. The van der Waals surface area contributed by atoms with Crippen molar-refractivity contribution in [1.82, 2.24) is 0 Å². The molecule has 0 atom stereocenters. The van der Waals surface area contributed by atoms with E-state index in [1.54, 1.807) is 0 Å². The van der Waals surface area contributed by atoms with Crippen molar-refractivity contribution in [3.8, 4) is 18.2 Å². The number of H-pyrrole nitrogens is 1. The van der Waals surface area contributed by atoms with Crippen LogP contribution < -0.4 is 20.9 Å². The molecule has 1 heterocycles. The average Bonchev–Trinajstić information content (AvgIpc) is 2.44. The molecule has 0 amide bonds. The van der Waals surface area contributed by atoms with Gasteiger partial charge in [-0.15, -0.1) is 0 Å². The number of hydrogen-bond acceptors (Lipinski definition) is 5. The van der Waals surface area contributed by atoms with E-state index >= 15 is 0 Å². The Labute approximate surface area is 124 Å². The van der Waals surface area contributed by atoms with Crippen LogP contribution in [0.2, 0.25) is 0 Å². The maximum absolute atomic E-state index is 9.31. The van der Waals surface area contributed by atoms with Crippen molar-refractivity contribution in [2.45, 2.75) is 12.8 Å². The molecule has 5 N–H and O–H groups in total. The van der Waals surface area contributed by atoms with Gasteiger partial charge in [0.05, 0.1) is 39.7 Å². The second-order valence-corrected chi connectivity index (χ2v) is 4.94. The van der Waals surface area contributed by atoms with Gasteiger partial charge in [-0.2, -0.15) is 15.8 Å². The molecule has 0 fully saturated rings. The summed E-state index contributed by atoms with van der Waals surface area (Å²) in [4.78, 5) is 4.18. The maximum Gasteiger partial charge on any atom is 0.237 e. The van der Waals surface area contributed by atoms with Crippen LogP contribution in [0.5, 0.6) is 0 Å². The topological polar surface area (TPSA) is 128 Å². The van der Waals surface area contributed by atoms with Gasteiger partial charge in [0.15, 0.2) is 0 Å². The van der Waals surface area contributed by atoms with E-state index < -0.39 is 0 Å². The Kier molecular flexibility index (Phi) is 5.95. The lowest BCUT2D eigenvalue weighted by molar-refractivity contribution is -0.858. The molecule has 1 rings (SSSR count). The highest BCUT2D eigenvalue weighted by atomic mass is 15.1. The van der Waals surface area contributed by atoms with Gasteiger partial charge in [-0.3, -0.25) is 0 Å². The largest absolute Gasteiger partial charge is 0.340 e. The molecular formula is C14H19N7+2. The van der Waals surface area contributed by atoms with Gasteiger partial charge >= 0.3 is 0 Å². The van der Waals surface area contributed by atoms with Gasteiger partial charge in [0, 0.05) is 12.0 Å². The molecule has 1 aromatic heterocycles. The highest BCUT2D eigenvalue weighted by molar-refractivity contribution is 5.63. The lowest BCUT2D eigenvalue weighted by Gasteiger charge is -2.10. The summed E-state index contributed by atoms with van der Waals surface area (Å²) in [5, 5.41) is 30.4. The van der Waals surface area contributed by atoms with Crippen molar-refractivity contribution in [2.24, 2.45) is 0 Å². The number of hydrogen-bond donors (Lipinski definition) is 3. The second-order valence-electron chi connectivity index (χ2n) is 4.94. The molecule has 108 valence electrons. The van der Waals surface area contributed by atoms with E-state index in [-0.39, 0.29) is 23.4 Å². The van der Waals surface area contributed by atoms with E-state index in [9.17, 15) is 5.26 Å². The number of quaternary nitrogens is 1. The summed E-state index contributed by atoms with van der Waals surface area (Å²) < 4.78 is 0. The first kappa shape index (κ1) is 16.2. The summed E-state index contributed by atoms with van der Waals surface area (Å²) in [5.74, 6) is 0.635. The summed E-state index contributed by atoms with van der Waals surface area (Å²) in [6.07, 6.45) is 0.899. The SMILES string of the molecule is C[NH+](C)CCCNc1[nH+]c(N)c(C#N)c(CC#N)c1C#N. The molecule has 0 bridgehead atoms. The monoisotopic (exact) mass is 285 g/mol. The van der Waals surface area contributed by atoms with E-state index in [0.29, 0.717) is 17.9 Å². The zero-order valence-corrected chi connectivity index (χ0v) is 12.2. The Balaban J connectivity index is 3.08. The van der Waals surface area contributed by atoms with Crippen molar-refractivity contribution in [3.63, 3.8) is 0 Å². The van der Waals surface area contributed by atoms with Crippen molar-refractivity contribution in [3.05, 3.63) is 16.7 Å². The van der Waals surface area contributed by atoms with Gasteiger partial charge in [0.2, 0.25) is 11.6 Å². The minimum atomic E-state index is -0.0266. The zero-order chi connectivity index (χ0) is 15.8. The summed E-state index contributed by atoms with van der Waals surface area (Å²) in [5.41, 5.74) is 6.61. The molecule has 0 radical (unpaired) electrons. The van der Waals surface area contributed by atoms with Gasteiger partial charge in [0.25, 0.3) is 0 Å². The Hall–Kier alpha value is -2.82. The molecule has 1 aromatic rings. The second kappa shape index (κ2) is 7.69. The van der Waals surface area contributed by atoms with E-state index in [1.807, 2.05) is 18.2 Å². The number of nitrogens with one attached hydrogen (secondary N) is 3. The first-order chi connectivity index (χ1) is 10.0. The van der Waals surface area contributed by atoms with Crippen LogP contribution in [-0.4, -0.2) is 27.2 Å². The van der Waals surface area contributed by atoms with Crippen LogP contribution in [0.1, 0.15) is 23.1 Å². The van der Waals surface area contributed by atoms with Crippen molar-refractivity contribution < 1.29 is 9.88 Å². The van der Waals surface area contributed by atoms with Crippen LogP contribution in [-0.2, 0) is 6.42 Å². The van der Waals surface area contributed by atoms with Crippen LogP contribution in [0.3, 0.4) is 0 Å². The highest BCUT2D eigenvalue weighted by Crippen LogP contribution is 2.22. The smallest absolute Gasteiger partial charge is 0.237 e. The van der Waals surface area contributed by atoms with Gasteiger partial charge in [0.1, 0.15) is 23.3 Å². The minimum absolute atomic E-state index is 0.0266. The number of aromatic nitrogens is 1. The molecule has 0 aliphatic carbocycles. The summed E-state index contributed by atoms with van der Waals surface area (Å²) in [7, 11) is 4.13. The fourth-order valence-corrected chi connectivity index (χ4v) is 1.99. The summed E-state index contributed by atoms with van der Waals surface area (Å²) >= 11 is 0. The Bertz CT molecular complexity index is 629. The van der Waals surface area contributed by atoms with E-state index in [4.69, 9.17) is 16.3 Å². The van der Waals surface area contributed by atoms with Crippen molar-refractivity contribution in [2.75, 3.05) is 38.2 Å². The van der Waals surface area contributed by atoms with Gasteiger partial charge < -0.3 is 16.0 Å². The van der Waals surface area contributed by atoms with Crippen LogP contribution in [0.15, 0.2) is 0 Å². The molecule has 0 aliphatic heterocycles. The molecule has 0 aromatic carbocycles. The Morgan fingerprint density at radius 1 is 1.19 bits per heavy atom. The zero-order valence-electron chi connectivity index (χ0n) is 12.2. The summed E-state index contributed by atoms with van der Waals surface area (Å²) in [6, 6.07) is 5.95. The molecule has 7 nitrogen and oxygen atoms in total. The third-order valence-electron chi connectivity index (χ3n) is 3.02. The highest BCUT2D eigenvalue weighted by Gasteiger charge is 2.21. The fourth-order valence-electron chi connectivity index (χ4n) is 1.99. The fraction of sp³-hybridized carbons (Fsp3) is 0.429. The Morgan fingerprint density at radius 2 is 1.86 bits per heavy atom. The third-order valence-corrected chi connectivity index (χ3v) is 3.02. The number of nitrogen functional groups attached to an aromatic ring is 1. The standard InChI is InChI=1S/C14H17N7/c1-21(2)7-3-6-19-14-12(9-17)10(4-5-15)11(8-16)13(18)20-14/h3-4,6-7H2,1-2H3,(H3,18,19,20)/p+2. The van der Waals surface area contributed by atoms with Crippen LogP contribution in [0.4, 0.5) is 11.6 Å². The third kappa shape index (κ3) is 4.07. The number of rotatable bonds is 6. The summed E-state index contributed by atoms with van der Waals surface area (Å²) in [6.45, 7) is 1.67. The first-order valence-electron chi connectivity index (χ1n) is 6.62. The predicted octanol–water partition coefficient (Wildman–Crippen LogP) is -1.16. The average molecular weight is 285 g/mol. The number of nitrogens with two attached hydrogens (primary N) is 1. The molecule has 0 saturated carbocycles. The maximum atomic E-state index is 9.31. The van der Waals surface area contributed by atoms with Crippen LogP contribution in [0, 0.1) is 34.0 Å². The van der Waals surface area contributed by atoms with Crippen LogP contribution in [0.25, 0.3) is 0 Å². The number of nitrogens with zero attached hydrogens (tertiary/aromatic N) is 3. The molecule has 7 heteroatoms. The van der Waals surface area contributed by atoms with E-state index in [0.717, 1.165) is 13.0 Å². The first-order valence-corrected chi connectivity index (χ1v) is 6.62. The predicted molar refractivity (Wildman–Crippen MR) is 76.9 cm³/mol. The molecule has 0 unspecified atom stereocenters. The normalized spacial score (nSPS) is 9.71. The number of anilines is 2.